The quantitative estimate of drug-likeness (QED) is 0.531. The Balaban J connectivity index is 1.47. The van der Waals surface area contributed by atoms with E-state index in [0.29, 0.717) is 42.2 Å². The molecule has 158 valence electrons. The van der Waals surface area contributed by atoms with Gasteiger partial charge in [0.1, 0.15) is 5.76 Å². The van der Waals surface area contributed by atoms with Gasteiger partial charge in [-0.1, -0.05) is 23.4 Å². The second-order valence-electron chi connectivity index (χ2n) is 6.74. The van der Waals surface area contributed by atoms with Gasteiger partial charge in [-0.25, -0.2) is 0 Å². The Hall–Kier alpha value is -2.33. The number of furan rings is 1. The van der Waals surface area contributed by atoms with Crippen LogP contribution in [0.25, 0.3) is 5.69 Å². The van der Waals surface area contributed by atoms with E-state index >= 15 is 0 Å². The molecule has 3 aromatic rings. The molecule has 1 amide bonds. The van der Waals surface area contributed by atoms with Gasteiger partial charge in [0.05, 0.1) is 38.3 Å². The normalized spacial score (nSPS) is 14.7. The van der Waals surface area contributed by atoms with Gasteiger partial charge < -0.3 is 14.5 Å². The maximum atomic E-state index is 12.3. The topological polar surface area (TPSA) is 85.4 Å². The van der Waals surface area contributed by atoms with E-state index < -0.39 is 0 Å². The van der Waals surface area contributed by atoms with Gasteiger partial charge in [0, 0.05) is 23.8 Å². The summed E-state index contributed by atoms with van der Waals surface area (Å²) >= 11 is 7.40. The van der Waals surface area contributed by atoms with Gasteiger partial charge in [0.2, 0.25) is 5.91 Å². The third-order valence-electron chi connectivity index (χ3n) is 4.63. The standard InChI is InChI=1S/C20H22ClN5O3S/c21-15-3-5-16(6-4-15)26-18(13-25-7-10-28-11-8-25)23-24-20(26)30-14-19(27)22-12-17-2-1-9-29-17/h1-6,9H,7-8,10-14H2,(H,22,27). The lowest BCUT2D eigenvalue weighted by Crippen LogP contribution is -2.36. The summed E-state index contributed by atoms with van der Waals surface area (Å²) in [5.41, 5.74) is 0.908. The molecule has 1 aromatic carbocycles. The highest BCUT2D eigenvalue weighted by molar-refractivity contribution is 7.99. The molecule has 1 aliphatic heterocycles. The summed E-state index contributed by atoms with van der Waals surface area (Å²) in [6.07, 6.45) is 1.58. The molecule has 1 fully saturated rings. The monoisotopic (exact) mass is 447 g/mol. The summed E-state index contributed by atoms with van der Waals surface area (Å²) in [4.78, 5) is 14.5. The van der Waals surface area contributed by atoms with Gasteiger partial charge in [-0.2, -0.15) is 0 Å². The van der Waals surface area contributed by atoms with Crippen molar-refractivity contribution in [1.82, 2.24) is 25.0 Å². The van der Waals surface area contributed by atoms with Crippen LogP contribution < -0.4 is 5.32 Å². The summed E-state index contributed by atoms with van der Waals surface area (Å²) in [6.45, 7) is 4.15. The lowest BCUT2D eigenvalue weighted by molar-refractivity contribution is -0.118. The SMILES string of the molecule is O=C(CSc1nnc(CN2CCOCC2)n1-c1ccc(Cl)cc1)NCc1ccco1. The molecule has 8 nitrogen and oxygen atoms in total. The maximum absolute atomic E-state index is 12.3. The number of hydrogen-bond donors (Lipinski definition) is 1. The summed E-state index contributed by atoms with van der Waals surface area (Å²) in [7, 11) is 0. The summed E-state index contributed by atoms with van der Waals surface area (Å²) in [5, 5.41) is 12.9. The average Bonchev–Trinajstić information content (AvgIpc) is 3.42. The maximum Gasteiger partial charge on any atom is 0.230 e. The van der Waals surface area contributed by atoms with E-state index in [1.54, 1.807) is 12.3 Å². The molecule has 10 heteroatoms. The van der Waals surface area contributed by atoms with Gasteiger partial charge in [-0.15, -0.1) is 10.2 Å². The number of carbonyl (C=O) groups is 1. The zero-order chi connectivity index (χ0) is 20.8. The zero-order valence-electron chi connectivity index (χ0n) is 16.3. The number of nitrogens with one attached hydrogen (secondary N) is 1. The lowest BCUT2D eigenvalue weighted by Gasteiger charge is -2.26. The van der Waals surface area contributed by atoms with Gasteiger partial charge in [-0.05, 0) is 36.4 Å². The number of amides is 1. The third kappa shape index (κ3) is 5.42. The lowest BCUT2D eigenvalue weighted by atomic mass is 10.3. The summed E-state index contributed by atoms with van der Waals surface area (Å²) in [5.74, 6) is 1.66. The van der Waals surface area contributed by atoms with E-state index in [1.165, 1.54) is 11.8 Å². The molecule has 1 saturated heterocycles. The van der Waals surface area contributed by atoms with Crippen LogP contribution in [0, 0.1) is 0 Å². The molecule has 0 unspecified atom stereocenters. The second kappa shape index (κ2) is 10.1. The first kappa shape index (κ1) is 20.9. The Morgan fingerprint density at radius 3 is 2.70 bits per heavy atom. The average molecular weight is 448 g/mol. The number of hydrogen-bond acceptors (Lipinski definition) is 7. The number of rotatable bonds is 8. The third-order valence-corrected chi connectivity index (χ3v) is 5.81. The first-order valence-electron chi connectivity index (χ1n) is 9.61. The number of aromatic nitrogens is 3. The molecule has 30 heavy (non-hydrogen) atoms. The minimum Gasteiger partial charge on any atom is -0.467 e. The fourth-order valence-electron chi connectivity index (χ4n) is 3.08. The molecule has 0 bridgehead atoms. The van der Waals surface area contributed by atoms with Crippen molar-refractivity contribution >= 4 is 29.3 Å². The van der Waals surface area contributed by atoms with Gasteiger partial charge in [-0.3, -0.25) is 14.3 Å². The van der Waals surface area contributed by atoms with Crippen LogP contribution in [-0.2, 0) is 22.6 Å². The Bertz CT molecular complexity index is 955. The molecule has 2 aromatic heterocycles. The number of halogens is 1. The minimum absolute atomic E-state index is 0.100. The van der Waals surface area contributed by atoms with Crippen molar-refractivity contribution in [3.05, 3.63) is 59.3 Å². The van der Waals surface area contributed by atoms with E-state index in [2.05, 4.69) is 20.4 Å². The number of morpholine rings is 1. The molecule has 1 aliphatic rings. The molecule has 0 atom stereocenters. The van der Waals surface area contributed by atoms with Crippen LogP contribution in [-0.4, -0.2) is 57.6 Å². The van der Waals surface area contributed by atoms with Crippen molar-refractivity contribution in [2.75, 3.05) is 32.1 Å². The van der Waals surface area contributed by atoms with Crippen molar-refractivity contribution in [1.29, 1.82) is 0 Å². The molecule has 0 radical (unpaired) electrons. The highest BCUT2D eigenvalue weighted by atomic mass is 35.5. The first-order valence-corrected chi connectivity index (χ1v) is 11.0. The van der Waals surface area contributed by atoms with Crippen LogP contribution >= 0.6 is 23.4 Å². The highest BCUT2D eigenvalue weighted by Crippen LogP contribution is 2.24. The minimum atomic E-state index is -0.100. The van der Waals surface area contributed by atoms with Gasteiger partial charge in [0.25, 0.3) is 0 Å². The van der Waals surface area contributed by atoms with Crippen LogP contribution in [0.3, 0.4) is 0 Å². The molecular weight excluding hydrogens is 426 g/mol. The molecule has 3 heterocycles. The largest absolute Gasteiger partial charge is 0.467 e. The Morgan fingerprint density at radius 2 is 1.97 bits per heavy atom. The Morgan fingerprint density at radius 1 is 1.17 bits per heavy atom. The molecule has 1 N–H and O–H groups in total. The smallest absolute Gasteiger partial charge is 0.230 e. The number of carbonyl (C=O) groups excluding carboxylic acids is 1. The number of ether oxygens (including phenoxy) is 1. The predicted octanol–water partition coefficient (Wildman–Crippen LogP) is 2.75. The fraction of sp³-hybridized carbons (Fsp3) is 0.350. The number of benzene rings is 1. The summed E-state index contributed by atoms with van der Waals surface area (Å²) in [6, 6.07) is 11.1. The number of thioether (sulfide) groups is 1. The first-order chi connectivity index (χ1) is 14.7. The fourth-order valence-corrected chi connectivity index (χ4v) is 4.01. The van der Waals surface area contributed by atoms with E-state index in [-0.39, 0.29) is 11.7 Å². The van der Waals surface area contributed by atoms with E-state index in [0.717, 1.165) is 24.6 Å². The zero-order valence-corrected chi connectivity index (χ0v) is 17.9. The van der Waals surface area contributed by atoms with Crippen LogP contribution in [0.5, 0.6) is 0 Å². The molecule has 0 aliphatic carbocycles. The molecular formula is C20H22ClN5O3S. The van der Waals surface area contributed by atoms with Gasteiger partial charge in [0.15, 0.2) is 11.0 Å². The highest BCUT2D eigenvalue weighted by Gasteiger charge is 2.19. The van der Waals surface area contributed by atoms with Crippen molar-refractivity contribution < 1.29 is 13.9 Å². The second-order valence-corrected chi connectivity index (χ2v) is 8.12. The van der Waals surface area contributed by atoms with Crippen LogP contribution in [0.1, 0.15) is 11.6 Å². The van der Waals surface area contributed by atoms with Crippen molar-refractivity contribution in [3.8, 4) is 5.69 Å². The van der Waals surface area contributed by atoms with Crippen LogP contribution in [0.4, 0.5) is 0 Å². The van der Waals surface area contributed by atoms with Gasteiger partial charge >= 0.3 is 0 Å². The molecule has 0 spiro atoms. The van der Waals surface area contributed by atoms with Crippen molar-refractivity contribution in [3.63, 3.8) is 0 Å². The van der Waals surface area contributed by atoms with Crippen LogP contribution in [0.2, 0.25) is 5.02 Å². The van der Waals surface area contributed by atoms with Crippen molar-refractivity contribution in [2.45, 2.75) is 18.2 Å². The van der Waals surface area contributed by atoms with E-state index in [4.69, 9.17) is 20.8 Å². The molecule has 0 saturated carbocycles. The molecule has 4 rings (SSSR count). The Labute approximate surface area is 183 Å². The Kier molecular flexibility index (Phi) is 7.06. The van der Waals surface area contributed by atoms with E-state index in [9.17, 15) is 4.79 Å². The van der Waals surface area contributed by atoms with Crippen LogP contribution in [0.15, 0.2) is 52.2 Å². The number of nitrogens with zero attached hydrogens (tertiary/aromatic N) is 4. The van der Waals surface area contributed by atoms with E-state index in [1.807, 2.05) is 34.9 Å². The van der Waals surface area contributed by atoms with Crippen molar-refractivity contribution in [2.24, 2.45) is 0 Å². The predicted molar refractivity (Wildman–Crippen MR) is 114 cm³/mol. The summed E-state index contributed by atoms with van der Waals surface area (Å²) < 4.78 is 12.6.